The molecule has 0 radical (unpaired) electrons. The molecule has 4 heteroatoms. The molecule has 1 saturated heterocycles. The van der Waals surface area contributed by atoms with E-state index in [0.717, 1.165) is 31.5 Å². The summed E-state index contributed by atoms with van der Waals surface area (Å²) in [4.78, 5) is 14.1. The molecule has 1 aliphatic heterocycles. The fraction of sp³-hybridized carbons (Fsp3) is 0.533. The van der Waals surface area contributed by atoms with Gasteiger partial charge in [0.05, 0.1) is 12.6 Å². The van der Waals surface area contributed by atoms with Crippen LogP contribution in [0.25, 0.3) is 0 Å². The van der Waals surface area contributed by atoms with Gasteiger partial charge in [0.25, 0.3) is 0 Å². The van der Waals surface area contributed by atoms with Gasteiger partial charge in [0.15, 0.2) is 0 Å². The lowest BCUT2D eigenvalue weighted by Crippen LogP contribution is -2.43. The first-order valence-corrected chi connectivity index (χ1v) is 7.02. The van der Waals surface area contributed by atoms with E-state index >= 15 is 0 Å². The predicted molar refractivity (Wildman–Crippen MR) is 74.8 cm³/mol. The number of urea groups is 1. The van der Waals surface area contributed by atoms with Gasteiger partial charge in [-0.05, 0) is 18.4 Å². The minimum atomic E-state index is -0.322. The fourth-order valence-corrected chi connectivity index (χ4v) is 2.43. The zero-order valence-electron chi connectivity index (χ0n) is 11.2. The number of hydrogen-bond donors (Lipinski definition) is 2. The van der Waals surface area contributed by atoms with Crippen LogP contribution in [0.3, 0.4) is 0 Å². The van der Waals surface area contributed by atoms with Crippen molar-refractivity contribution in [2.75, 3.05) is 19.7 Å². The molecule has 0 bridgehead atoms. The number of amides is 2. The molecule has 1 aromatic carbocycles. The highest BCUT2D eigenvalue weighted by atomic mass is 16.3. The van der Waals surface area contributed by atoms with Gasteiger partial charge in [0, 0.05) is 13.1 Å². The van der Waals surface area contributed by atoms with Gasteiger partial charge >= 0.3 is 6.03 Å². The van der Waals surface area contributed by atoms with E-state index in [0.29, 0.717) is 0 Å². The second-order valence-corrected chi connectivity index (χ2v) is 5.00. The number of nitrogens with one attached hydrogen (secondary N) is 1. The van der Waals surface area contributed by atoms with Gasteiger partial charge in [-0.2, -0.15) is 0 Å². The number of carbonyl (C=O) groups excluding carboxylic acids is 1. The van der Waals surface area contributed by atoms with E-state index < -0.39 is 0 Å². The van der Waals surface area contributed by atoms with Crippen LogP contribution < -0.4 is 5.32 Å². The van der Waals surface area contributed by atoms with Crippen molar-refractivity contribution in [2.24, 2.45) is 0 Å². The van der Waals surface area contributed by atoms with Crippen molar-refractivity contribution in [3.8, 4) is 0 Å². The average molecular weight is 262 g/mol. The van der Waals surface area contributed by atoms with Gasteiger partial charge in [0.1, 0.15) is 0 Å². The number of aliphatic hydroxyl groups is 1. The highest BCUT2D eigenvalue weighted by Crippen LogP contribution is 2.14. The van der Waals surface area contributed by atoms with Crippen molar-refractivity contribution in [1.82, 2.24) is 10.2 Å². The maximum Gasteiger partial charge on any atom is 0.317 e. The molecule has 0 saturated carbocycles. The molecule has 1 fully saturated rings. The Balaban J connectivity index is 1.96. The smallest absolute Gasteiger partial charge is 0.317 e. The van der Waals surface area contributed by atoms with Gasteiger partial charge in [-0.15, -0.1) is 0 Å². The van der Waals surface area contributed by atoms with E-state index in [1.54, 1.807) is 0 Å². The van der Waals surface area contributed by atoms with Crippen LogP contribution in [0.2, 0.25) is 0 Å². The summed E-state index contributed by atoms with van der Waals surface area (Å²) in [6.07, 6.45) is 4.54. The zero-order chi connectivity index (χ0) is 13.5. The Kier molecular flexibility index (Phi) is 5.21. The lowest BCUT2D eigenvalue weighted by molar-refractivity contribution is 0.183. The molecule has 19 heavy (non-hydrogen) atoms. The quantitative estimate of drug-likeness (QED) is 0.878. The molecule has 0 aliphatic carbocycles. The number of nitrogens with zero attached hydrogens (tertiary/aromatic N) is 1. The van der Waals surface area contributed by atoms with Gasteiger partial charge in [-0.3, -0.25) is 0 Å². The highest BCUT2D eigenvalue weighted by molar-refractivity contribution is 5.74. The molecule has 2 rings (SSSR count). The van der Waals surface area contributed by atoms with Crippen molar-refractivity contribution in [3.63, 3.8) is 0 Å². The van der Waals surface area contributed by atoms with E-state index in [1.807, 2.05) is 35.2 Å². The Labute approximate surface area is 114 Å². The standard InChI is InChI=1S/C15H22N2O2/c18-12-14(13-8-4-3-5-9-13)16-15(19)17-10-6-1-2-7-11-17/h3-5,8-9,14,18H,1-2,6-7,10-12H2,(H,16,19). The molecule has 1 unspecified atom stereocenters. The van der Waals surface area contributed by atoms with Crippen LogP contribution in [0.4, 0.5) is 4.79 Å². The van der Waals surface area contributed by atoms with Crippen LogP contribution >= 0.6 is 0 Å². The predicted octanol–water partition coefficient (Wildman–Crippen LogP) is 2.31. The topological polar surface area (TPSA) is 52.6 Å². The third-order valence-electron chi connectivity index (χ3n) is 3.58. The summed E-state index contributed by atoms with van der Waals surface area (Å²) in [6, 6.07) is 9.20. The summed E-state index contributed by atoms with van der Waals surface area (Å²) >= 11 is 0. The maximum atomic E-state index is 12.2. The molecule has 104 valence electrons. The van der Waals surface area contributed by atoms with Crippen LogP contribution in [-0.2, 0) is 0 Å². The largest absolute Gasteiger partial charge is 0.394 e. The first-order valence-electron chi connectivity index (χ1n) is 7.02. The fourth-order valence-electron chi connectivity index (χ4n) is 2.43. The maximum absolute atomic E-state index is 12.2. The highest BCUT2D eigenvalue weighted by Gasteiger charge is 2.19. The summed E-state index contributed by atoms with van der Waals surface area (Å²) in [5.74, 6) is 0. The molecule has 2 amide bonds. The summed E-state index contributed by atoms with van der Waals surface area (Å²) in [5.41, 5.74) is 0.938. The second-order valence-electron chi connectivity index (χ2n) is 5.00. The number of hydrogen-bond acceptors (Lipinski definition) is 2. The van der Waals surface area contributed by atoms with E-state index in [-0.39, 0.29) is 18.7 Å². The van der Waals surface area contributed by atoms with Crippen molar-refractivity contribution >= 4 is 6.03 Å². The third kappa shape index (κ3) is 3.96. The molecule has 1 atom stereocenters. The molecular formula is C15H22N2O2. The third-order valence-corrected chi connectivity index (χ3v) is 3.58. The lowest BCUT2D eigenvalue weighted by atomic mass is 10.1. The first-order chi connectivity index (χ1) is 9.31. The minimum Gasteiger partial charge on any atom is -0.394 e. The molecular weight excluding hydrogens is 240 g/mol. The Morgan fingerprint density at radius 2 is 1.79 bits per heavy atom. The second kappa shape index (κ2) is 7.14. The summed E-state index contributed by atoms with van der Waals surface area (Å²) in [6.45, 7) is 1.56. The molecule has 0 spiro atoms. The van der Waals surface area contributed by atoms with Crippen molar-refractivity contribution in [2.45, 2.75) is 31.7 Å². The van der Waals surface area contributed by atoms with Crippen molar-refractivity contribution < 1.29 is 9.90 Å². The van der Waals surface area contributed by atoms with Gasteiger partial charge < -0.3 is 15.3 Å². The van der Waals surface area contributed by atoms with Crippen LogP contribution in [0, 0.1) is 0 Å². The first kappa shape index (κ1) is 13.9. The molecule has 1 aliphatic rings. The van der Waals surface area contributed by atoms with Crippen LogP contribution in [0.5, 0.6) is 0 Å². The van der Waals surface area contributed by atoms with Crippen LogP contribution in [-0.4, -0.2) is 35.7 Å². The summed E-state index contributed by atoms with van der Waals surface area (Å²) in [5, 5.41) is 12.4. The number of rotatable bonds is 3. The molecule has 0 aromatic heterocycles. The minimum absolute atomic E-state index is 0.0650. The molecule has 1 heterocycles. The van der Waals surface area contributed by atoms with Crippen molar-refractivity contribution in [1.29, 1.82) is 0 Å². The number of likely N-dealkylation sites (tertiary alicyclic amines) is 1. The number of carbonyl (C=O) groups is 1. The van der Waals surface area contributed by atoms with Crippen molar-refractivity contribution in [3.05, 3.63) is 35.9 Å². The Morgan fingerprint density at radius 1 is 1.16 bits per heavy atom. The Bertz CT molecular complexity index is 386. The van der Waals surface area contributed by atoms with E-state index in [1.165, 1.54) is 12.8 Å². The molecule has 1 aromatic rings. The molecule has 2 N–H and O–H groups in total. The van der Waals surface area contributed by atoms with Gasteiger partial charge in [-0.25, -0.2) is 4.79 Å². The monoisotopic (exact) mass is 262 g/mol. The average Bonchev–Trinajstić information content (AvgIpc) is 2.74. The number of aliphatic hydroxyl groups excluding tert-OH is 1. The Hall–Kier alpha value is -1.55. The lowest BCUT2D eigenvalue weighted by Gasteiger charge is -2.24. The normalized spacial score (nSPS) is 17.6. The van der Waals surface area contributed by atoms with E-state index in [4.69, 9.17) is 0 Å². The van der Waals surface area contributed by atoms with Crippen LogP contribution in [0.1, 0.15) is 37.3 Å². The summed E-state index contributed by atoms with van der Waals surface area (Å²) < 4.78 is 0. The Morgan fingerprint density at radius 3 is 2.37 bits per heavy atom. The summed E-state index contributed by atoms with van der Waals surface area (Å²) in [7, 11) is 0. The van der Waals surface area contributed by atoms with Crippen LogP contribution in [0.15, 0.2) is 30.3 Å². The van der Waals surface area contributed by atoms with Gasteiger partial charge in [0.2, 0.25) is 0 Å². The van der Waals surface area contributed by atoms with E-state index in [9.17, 15) is 9.90 Å². The SMILES string of the molecule is O=C(NC(CO)c1ccccc1)N1CCCCCC1. The molecule has 4 nitrogen and oxygen atoms in total. The van der Waals surface area contributed by atoms with Gasteiger partial charge in [-0.1, -0.05) is 43.2 Å². The van der Waals surface area contributed by atoms with E-state index in [2.05, 4.69) is 5.32 Å². The number of benzene rings is 1. The zero-order valence-corrected chi connectivity index (χ0v) is 11.2.